The van der Waals surface area contributed by atoms with Gasteiger partial charge in [0.2, 0.25) is 0 Å². The van der Waals surface area contributed by atoms with Crippen molar-refractivity contribution in [2.75, 3.05) is 0 Å². The first-order valence-corrected chi connectivity index (χ1v) is 5.24. The molecule has 0 radical (unpaired) electrons. The van der Waals surface area contributed by atoms with Crippen molar-refractivity contribution in [3.8, 4) is 0 Å². The van der Waals surface area contributed by atoms with Gasteiger partial charge in [0.15, 0.2) is 0 Å². The van der Waals surface area contributed by atoms with Crippen LogP contribution in [0.15, 0.2) is 24.8 Å². The number of Topliss-reactive ketones (excluding diaryl/α,β-unsaturated/α-hetero) is 1. The van der Waals surface area contributed by atoms with E-state index >= 15 is 0 Å². The third-order valence-electron chi connectivity index (χ3n) is 2.59. The highest BCUT2D eigenvalue weighted by Crippen LogP contribution is 2.17. The van der Waals surface area contributed by atoms with Crippen molar-refractivity contribution in [1.82, 2.24) is 0 Å². The Labute approximate surface area is 91.8 Å². The summed E-state index contributed by atoms with van der Waals surface area (Å²) in [5, 5.41) is 0. The Bertz CT molecular complexity index is 365. The van der Waals surface area contributed by atoms with Crippen molar-refractivity contribution < 1.29 is 4.79 Å². The van der Waals surface area contributed by atoms with Gasteiger partial charge in [-0.15, -0.1) is 6.58 Å². The minimum Gasteiger partial charge on any atom is -0.299 e. The molecular weight excluding hydrogens is 184 g/mol. The zero-order chi connectivity index (χ0) is 11.4. The molecule has 80 valence electrons. The summed E-state index contributed by atoms with van der Waals surface area (Å²) < 4.78 is 0. The van der Waals surface area contributed by atoms with Crippen LogP contribution in [0.25, 0.3) is 0 Å². The summed E-state index contributed by atoms with van der Waals surface area (Å²) >= 11 is 0. The van der Waals surface area contributed by atoms with Gasteiger partial charge in [-0.25, -0.2) is 0 Å². The predicted octanol–water partition coefficient (Wildman–Crippen LogP) is 3.30. The van der Waals surface area contributed by atoms with Crippen molar-refractivity contribution in [3.05, 3.63) is 47.0 Å². The van der Waals surface area contributed by atoms with Gasteiger partial charge in [-0.05, 0) is 37.5 Å². The van der Waals surface area contributed by atoms with E-state index < -0.39 is 0 Å². The lowest BCUT2D eigenvalue weighted by Crippen LogP contribution is -2.05. The molecule has 0 N–H and O–H groups in total. The summed E-state index contributed by atoms with van der Waals surface area (Å²) in [6.07, 6.45) is 2.66. The molecule has 0 atom stereocenters. The van der Waals surface area contributed by atoms with E-state index in [0.717, 1.165) is 0 Å². The van der Waals surface area contributed by atoms with Crippen LogP contribution in [-0.2, 0) is 11.2 Å². The third-order valence-corrected chi connectivity index (χ3v) is 2.59. The first-order valence-electron chi connectivity index (χ1n) is 5.24. The second kappa shape index (κ2) is 4.92. The van der Waals surface area contributed by atoms with Crippen LogP contribution in [-0.4, -0.2) is 5.78 Å². The number of hydrogen-bond acceptors (Lipinski definition) is 1. The molecule has 0 saturated heterocycles. The second-order valence-corrected chi connectivity index (χ2v) is 4.09. The maximum absolute atomic E-state index is 11.5. The third kappa shape index (κ3) is 3.05. The second-order valence-electron chi connectivity index (χ2n) is 4.09. The minimum atomic E-state index is 0.236. The van der Waals surface area contributed by atoms with Crippen molar-refractivity contribution in [2.45, 2.75) is 33.6 Å². The number of benzene rings is 1. The van der Waals surface area contributed by atoms with Crippen LogP contribution >= 0.6 is 0 Å². The fourth-order valence-corrected chi connectivity index (χ4v) is 1.92. The van der Waals surface area contributed by atoms with Gasteiger partial charge in [-0.3, -0.25) is 4.79 Å². The average Bonchev–Trinajstić information content (AvgIpc) is 2.11. The van der Waals surface area contributed by atoms with Gasteiger partial charge in [0.05, 0.1) is 0 Å². The lowest BCUT2D eigenvalue weighted by molar-refractivity contribution is -0.117. The van der Waals surface area contributed by atoms with Crippen molar-refractivity contribution in [1.29, 1.82) is 0 Å². The quantitative estimate of drug-likeness (QED) is 0.685. The fourth-order valence-electron chi connectivity index (χ4n) is 1.92. The summed E-state index contributed by atoms with van der Waals surface area (Å²) in [6.45, 7) is 9.79. The normalized spacial score (nSPS) is 10.1. The zero-order valence-electron chi connectivity index (χ0n) is 9.76. The first-order chi connectivity index (χ1) is 7.04. The highest BCUT2D eigenvalue weighted by atomic mass is 16.1. The molecule has 0 fully saturated rings. The van der Waals surface area contributed by atoms with Gasteiger partial charge >= 0.3 is 0 Å². The Morgan fingerprint density at radius 1 is 1.27 bits per heavy atom. The van der Waals surface area contributed by atoms with Gasteiger partial charge in [0, 0.05) is 12.8 Å². The summed E-state index contributed by atoms with van der Waals surface area (Å²) in [6, 6.07) is 4.26. The van der Waals surface area contributed by atoms with Crippen LogP contribution in [0.1, 0.15) is 28.7 Å². The Morgan fingerprint density at radius 3 is 2.27 bits per heavy atom. The molecule has 1 rings (SSSR count). The molecule has 0 unspecified atom stereocenters. The number of aryl methyl sites for hydroxylation is 3. The molecule has 1 aromatic carbocycles. The van der Waals surface area contributed by atoms with Crippen LogP contribution < -0.4 is 0 Å². The Hall–Kier alpha value is -1.37. The molecule has 1 heteroatoms. The highest BCUT2D eigenvalue weighted by Gasteiger charge is 2.07. The molecule has 1 aromatic rings. The summed E-state index contributed by atoms with van der Waals surface area (Å²) in [5.74, 6) is 0.236. The molecule has 0 amide bonds. The van der Waals surface area contributed by atoms with Crippen molar-refractivity contribution >= 4 is 5.78 Å². The molecule has 0 spiro atoms. The van der Waals surface area contributed by atoms with Crippen LogP contribution in [0, 0.1) is 20.8 Å². The number of carbonyl (C=O) groups excluding carboxylic acids is 1. The van der Waals surface area contributed by atoms with E-state index in [1.54, 1.807) is 6.08 Å². The molecule has 0 aliphatic heterocycles. The van der Waals surface area contributed by atoms with Gasteiger partial charge < -0.3 is 0 Å². The summed E-state index contributed by atoms with van der Waals surface area (Å²) in [4.78, 5) is 11.5. The molecule has 0 aromatic heterocycles. The van der Waals surface area contributed by atoms with Crippen molar-refractivity contribution in [3.63, 3.8) is 0 Å². The van der Waals surface area contributed by atoms with Crippen LogP contribution in [0.2, 0.25) is 0 Å². The first kappa shape index (κ1) is 11.7. The molecule has 0 bridgehead atoms. The molecular formula is C14H18O. The van der Waals surface area contributed by atoms with Crippen LogP contribution in [0.5, 0.6) is 0 Å². The Balaban J connectivity index is 2.94. The average molecular weight is 202 g/mol. The van der Waals surface area contributed by atoms with Crippen LogP contribution in [0.4, 0.5) is 0 Å². The van der Waals surface area contributed by atoms with E-state index in [1.165, 1.54) is 22.3 Å². The molecule has 1 nitrogen and oxygen atoms in total. The van der Waals surface area contributed by atoms with E-state index in [9.17, 15) is 4.79 Å². The summed E-state index contributed by atoms with van der Waals surface area (Å²) in [7, 11) is 0. The number of allylic oxidation sites excluding steroid dienone is 1. The van der Waals surface area contributed by atoms with Crippen LogP contribution in [0.3, 0.4) is 0 Å². The Morgan fingerprint density at radius 2 is 1.80 bits per heavy atom. The predicted molar refractivity (Wildman–Crippen MR) is 64.2 cm³/mol. The number of carbonyl (C=O) groups is 1. The molecule has 0 heterocycles. The number of hydrogen-bond donors (Lipinski definition) is 0. The maximum atomic E-state index is 11.5. The van der Waals surface area contributed by atoms with E-state index in [-0.39, 0.29) is 5.78 Å². The SMILES string of the molecule is C=CCC(=O)Cc1c(C)cc(C)cc1C. The van der Waals surface area contributed by atoms with Gasteiger partial charge in [-0.1, -0.05) is 23.8 Å². The fraction of sp³-hybridized carbons (Fsp3) is 0.357. The van der Waals surface area contributed by atoms with Crippen molar-refractivity contribution in [2.24, 2.45) is 0 Å². The highest BCUT2D eigenvalue weighted by molar-refractivity contribution is 5.82. The topological polar surface area (TPSA) is 17.1 Å². The van der Waals surface area contributed by atoms with Gasteiger partial charge in [0.25, 0.3) is 0 Å². The molecule has 15 heavy (non-hydrogen) atoms. The zero-order valence-corrected chi connectivity index (χ0v) is 9.76. The van der Waals surface area contributed by atoms with E-state index in [1.807, 2.05) is 0 Å². The largest absolute Gasteiger partial charge is 0.299 e. The standard InChI is InChI=1S/C14H18O/c1-5-6-13(15)9-14-11(3)7-10(2)8-12(14)4/h5,7-8H,1,6,9H2,2-4H3. The van der Waals surface area contributed by atoms with Gasteiger partial charge in [0.1, 0.15) is 5.78 Å². The molecule has 0 aliphatic carbocycles. The number of ketones is 1. The Kier molecular flexibility index (Phi) is 3.84. The maximum Gasteiger partial charge on any atom is 0.141 e. The lowest BCUT2D eigenvalue weighted by Gasteiger charge is -2.10. The smallest absolute Gasteiger partial charge is 0.141 e. The molecule has 0 aliphatic rings. The van der Waals surface area contributed by atoms with E-state index in [2.05, 4.69) is 39.5 Å². The van der Waals surface area contributed by atoms with Gasteiger partial charge in [-0.2, -0.15) is 0 Å². The minimum absolute atomic E-state index is 0.236. The lowest BCUT2D eigenvalue weighted by atomic mass is 9.95. The summed E-state index contributed by atoms with van der Waals surface area (Å²) in [5.41, 5.74) is 4.85. The number of rotatable bonds is 4. The monoisotopic (exact) mass is 202 g/mol. The van der Waals surface area contributed by atoms with E-state index in [0.29, 0.717) is 12.8 Å². The van der Waals surface area contributed by atoms with E-state index in [4.69, 9.17) is 0 Å². The molecule has 0 saturated carbocycles.